The van der Waals surface area contributed by atoms with Gasteiger partial charge in [-0.15, -0.1) is 5.10 Å². The second kappa shape index (κ2) is 2.76. The maximum Gasteiger partial charge on any atom is 0.143 e. The Bertz CT molecular complexity index is 350. The van der Waals surface area contributed by atoms with Crippen molar-refractivity contribution in [2.75, 3.05) is 0 Å². The number of nitrogens with zero attached hydrogens (tertiary/aromatic N) is 3. The zero-order valence-electron chi connectivity index (χ0n) is 7.73. The average Bonchev–Trinajstić information content (AvgIpc) is 2.54. The van der Waals surface area contributed by atoms with Crippen LogP contribution in [0.4, 0.5) is 0 Å². The molecule has 1 atom stereocenters. The van der Waals surface area contributed by atoms with Crippen LogP contribution in [0, 0.1) is 6.92 Å². The maximum atomic E-state index is 4.07. The minimum atomic E-state index is -0.353. The van der Waals surface area contributed by atoms with Gasteiger partial charge in [0.15, 0.2) is 0 Å². The Morgan fingerprint density at radius 1 is 1.15 bits per heavy atom. The molecule has 0 aliphatic carbocycles. The summed E-state index contributed by atoms with van der Waals surface area (Å²) in [5, 5.41) is 11.5. The van der Waals surface area contributed by atoms with E-state index in [1.807, 2.05) is 6.92 Å². The lowest BCUT2D eigenvalue weighted by atomic mass is 9.94. The van der Waals surface area contributed by atoms with Crippen molar-refractivity contribution in [2.45, 2.75) is 19.4 Å². The van der Waals surface area contributed by atoms with E-state index in [-0.39, 0.29) is 5.54 Å². The Balaban J connectivity index is 2.41. The molecule has 1 aliphatic heterocycles. The van der Waals surface area contributed by atoms with Crippen molar-refractivity contribution >= 4 is 6.21 Å². The summed E-state index contributed by atoms with van der Waals surface area (Å²) in [6, 6.07) is 8.27. The monoisotopic (exact) mass is 173 g/mol. The molecule has 2 rings (SSSR count). The van der Waals surface area contributed by atoms with Crippen molar-refractivity contribution in [3.63, 3.8) is 0 Å². The summed E-state index contributed by atoms with van der Waals surface area (Å²) in [6.45, 7) is 4.06. The Kier molecular flexibility index (Phi) is 1.72. The number of aryl methyl sites for hydroxylation is 1. The van der Waals surface area contributed by atoms with Crippen LogP contribution in [0.2, 0.25) is 0 Å². The van der Waals surface area contributed by atoms with E-state index in [1.54, 1.807) is 6.21 Å². The SMILES string of the molecule is Cc1ccc(C2(C)C=NN=N2)cc1. The zero-order chi connectivity index (χ0) is 9.31. The standard InChI is InChI=1S/C10H11N3/c1-8-3-5-9(6-4-8)10(2)7-11-13-12-10/h3-7H,1-2H3. The zero-order valence-corrected chi connectivity index (χ0v) is 7.73. The highest BCUT2D eigenvalue weighted by atomic mass is 15.4. The minimum Gasteiger partial charge on any atom is -0.152 e. The Morgan fingerprint density at radius 3 is 2.38 bits per heavy atom. The molecule has 1 unspecified atom stereocenters. The fraction of sp³-hybridized carbons (Fsp3) is 0.300. The van der Waals surface area contributed by atoms with Crippen LogP contribution in [0.25, 0.3) is 0 Å². The van der Waals surface area contributed by atoms with E-state index in [1.165, 1.54) is 5.56 Å². The Hall–Kier alpha value is -1.51. The first-order valence-electron chi connectivity index (χ1n) is 4.24. The normalized spacial score (nSPS) is 25.4. The van der Waals surface area contributed by atoms with E-state index in [0.29, 0.717) is 0 Å². The highest BCUT2D eigenvalue weighted by Gasteiger charge is 2.26. The lowest BCUT2D eigenvalue weighted by Gasteiger charge is -2.14. The molecule has 0 radical (unpaired) electrons. The molecule has 1 aromatic carbocycles. The quantitative estimate of drug-likeness (QED) is 0.626. The van der Waals surface area contributed by atoms with Gasteiger partial charge in [0, 0.05) is 0 Å². The van der Waals surface area contributed by atoms with Gasteiger partial charge in [-0.1, -0.05) is 29.8 Å². The molecule has 3 nitrogen and oxygen atoms in total. The Labute approximate surface area is 77.2 Å². The van der Waals surface area contributed by atoms with Crippen LogP contribution in [0.3, 0.4) is 0 Å². The summed E-state index contributed by atoms with van der Waals surface area (Å²) in [5.41, 5.74) is 2.02. The van der Waals surface area contributed by atoms with Crippen LogP contribution < -0.4 is 0 Å². The molecule has 0 N–H and O–H groups in total. The molecule has 0 bridgehead atoms. The van der Waals surface area contributed by atoms with Crippen molar-refractivity contribution in [2.24, 2.45) is 15.4 Å². The van der Waals surface area contributed by atoms with Crippen LogP contribution in [0.1, 0.15) is 18.1 Å². The second-order valence-electron chi connectivity index (χ2n) is 3.45. The fourth-order valence-corrected chi connectivity index (χ4v) is 1.31. The molecule has 0 amide bonds. The van der Waals surface area contributed by atoms with Gasteiger partial charge in [-0.05, 0) is 24.6 Å². The number of hydrogen-bond acceptors (Lipinski definition) is 3. The third kappa shape index (κ3) is 1.37. The molecule has 1 heterocycles. The van der Waals surface area contributed by atoms with E-state index in [4.69, 9.17) is 0 Å². The first-order chi connectivity index (χ1) is 6.21. The van der Waals surface area contributed by atoms with Gasteiger partial charge in [0.25, 0.3) is 0 Å². The first-order valence-corrected chi connectivity index (χ1v) is 4.24. The molecular formula is C10H11N3. The fourth-order valence-electron chi connectivity index (χ4n) is 1.31. The predicted octanol–water partition coefficient (Wildman–Crippen LogP) is 2.66. The maximum absolute atomic E-state index is 4.07. The summed E-state index contributed by atoms with van der Waals surface area (Å²) < 4.78 is 0. The van der Waals surface area contributed by atoms with Gasteiger partial charge in [-0.25, -0.2) is 0 Å². The second-order valence-corrected chi connectivity index (χ2v) is 3.45. The molecule has 0 aromatic heterocycles. The third-order valence-electron chi connectivity index (χ3n) is 2.25. The Morgan fingerprint density at radius 2 is 1.85 bits per heavy atom. The first kappa shape index (κ1) is 8.10. The molecule has 1 aliphatic rings. The molecule has 0 saturated heterocycles. The van der Waals surface area contributed by atoms with Crippen LogP contribution in [0.15, 0.2) is 39.7 Å². The average molecular weight is 173 g/mol. The van der Waals surface area contributed by atoms with Crippen molar-refractivity contribution in [3.8, 4) is 0 Å². The topological polar surface area (TPSA) is 37.1 Å². The molecule has 1 aromatic rings. The van der Waals surface area contributed by atoms with E-state index < -0.39 is 0 Å². The molecule has 3 heteroatoms. The van der Waals surface area contributed by atoms with Gasteiger partial charge in [0.1, 0.15) is 5.54 Å². The summed E-state index contributed by atoms with van der Waals surface area (Å²) in [5.74, 6) is 0. The van der Waals surface area contributed by atoms with Crippen molar-refractivity contribution in [1.29, 1.82) is 0 Å². The third-order valence-corrected chi connectivity index (χ3v) is 2.25. The summed E-state index contributed by atoms with van der Waals surface area (Å²) in [7, 11) is 0. The van der Waals surface area contributed by atoms with Gasteiger partial charge in [-0.2, -0.15) is 5.11 Å². The number of rotatable bonds is 1. The van der Waals surface area contributed by atoms with Gasteiger partial charge in [0.05, 0.1) is 6.21 Å². The molecular weight excluding hydrogens is 162 g/mol. The lowest BCUT2D eigenvalue weighted by Crippen LogP contribution is -2.17. The minimum absolute atomic E-state index is 0.353. The van der Waals surface area contributed by atoms with Crippen LogP contribution in [-0.2, 0) is 5.54 Å². The summed E-state index contributed by atoms with van der Waals surface area (Å²) >= 11 is 0. The molecule has 0 fully saturated rings. The number of hydrogen-bond donors (Lipinski definition) is 0. The van der Waals surface area contributed by atoms with E-state index >= 15 is 0 Å². The predicted molar refractivity (Wildman–Crippen MR) is 51.9 cm³/mol. The van der Waals surface area contributed by atoms with Crippen molar-refractivity contribution in [3.05, 3.63) is 35.4 Å². The number of benzene rings is 1. The highest BCUT2D eigenvalue weighted by Crippen LogP contribution is 2.27. The van der Waals surface area contributed by atoms with Gasteiger partial charge in [-0.3, -0.25) is 0 Å². The van der Waals surface area contributed by atoms with E-state index in [2.05, 4.69) is 46.6 Å². The van der Waals surface area contributed by atoms with E-state index in [0.717, 1.165) is 5.56 Å². The van der Waals surface area contributed by atoms with Crippen molar-refractivity contribution in [1.82, 2.24) is 0 Å². The summed E-state index contributed by atoms with van der Waals surface area (Å²) in [4.78, 5) is 0. The van der Waals surface area contributed by atoms with Gasteiger partial charge >= 0.3 is 0 Å². The van der Waals surface area contributed by atoms with Gasteiger partial charge < -0.3 is 0 Å². The van der Waals surface area contributed by atoms with Crippen molar-refractivity contribution < 1.29 is 0 Å². The largest absolute Gasteiger partial charge is 0.152 e. The molecule has 0 saturated carbocycles. The summed E-state index contributed by atoms with van der Waals surface area (Å²) in [6.07, 6.45) is 1.76. The highest BCUT2D eigenvalue weighted by molar-refractivity contribution is 5.73. The lowest BCUT2D eigenvalue weighted by molar-refractivity contribution is 0.671. The van der Waals surface area contributed by atoms with Crippen LogP contribution >= 0.6 is 0 Å². The van der Waals surface area contributed by atoms with Crippen LogP contribution in [0.5, 0.6) is 0 Å². The molecule has 66 valence electrons. The van der Waals surface area contributed by atoms with Gasteiger partial charge in [0.2, 0.25) is 0 Å². The van der Waals surface area contributed by atoms with E-state index in [9.17, 15) is 0 Å². The van der Waals surface area contributed by atoms with Crippen LogP contribution in [-0.4, -0.2) is 6.21 Å². The molecule has 13 heavy (non-hydrogen) atoms. The molecule has 0 spiro atoms. The smallest absolute Gasteiger partial charge is 0.143 e.